The number of hydrogen-bond acceptors (Lipinski definition) is 6. The first kappa shape index (κ1) is 19.0. The summed E-state index contributed by atoms with van der Waals surface area (Å²) >= 11 is 5.74. The Labute approximate surface area is 166 Å². The second-order valence-electron chi connectivity index (χ2n) is 6.48. The number of piperidine rings is 1. The Bertz CT molecular complexity index is 1070. The first-order valence-electron chi connectivity index (χ1n) is 8.65. The Balaban J connectivity index is 1.54. The minimum atomic E-state index is -3.69. The van der Waals surface area contributed by atoms with Gasteiger partial charge in [-0.3, -0.25) is 0 Å². The summed E-state index contributed by atoms with van der Waals surface area (Å²) in [6.07, 6.45) is 2.65. The van der Waals surface area contributed by atoms with Crippen LogP contribution in [-0.4, -0.2) is 40.9 Å². The van der Waals surface area contributed by atoms with Crippen molar-refractivity contribution in [2.24, 2.45) is 0 Å². The molecule has 0 bridgehead atoms. The van der Waals surface area contributed by atoms with Crippen LogP contribution in [0.25, 0.3) is 11.4 Å². The zero-order chi connectivity index (χ0) is 19.7. The monoisotopic (exact) mass is 422 g/mol. The van der Waals surface area contributed by atoms with E-state index in [1.807, 2.05) is 0 Å². The zero-order valence-corrected chi connectivity index (χ0v) is 16.2. The average Bonchev–Trinajstić information content (AvgIpc) is 3.19. The van der Waals surface area contributed by atoms with Crippen molar-refractivity contribution in [2.45, 2.75) is 23.7 Å². The van der Waals surface area contributed by atoms with Crippen molar-refractivity contribution in [3.05, 3.63) is 59.5 Å². The smallest absolute Gasteiger partial charge is 0.244 e. The Hall–Kier alpha value is -2.36. The van der Waals surface area contributed by atoms with Crippen LogP contribution in [0.3, 0.4) is 0 Å². The van der Waals surface area contributed by atoms with Gasteiger partial charge in [-0.15, -0.1) is 0 Å². The molecule has 7 nitrogen and oxygen atoms in total. The van der Waals surface area contributed by atoms with Crippen molar-refractivity contribution >= 4 is 21.6 Å². The van der Waals surface area contributed by atoms with E-state index in [4.69, 9.17) is 16.1 Å². The van der Waals surface area contributed by atoms with Crippen LogP contribution in [-0.2, 0) is 10.0 Å². The van der Waals surface area contributed by atoms with Crippen molar-refractivity contribution in [3.8, 4) is 11.4 Å². The van der Waals surface area contributed by atoms with Crippen LogP contribution in [0, 0.1) is 5.82 Å². The maximum Gasteiger partial charge on any atom is 0.244 e. The fraction of sp³-hybridized carbons (Fsp3) is 0.278. The predicted octanol–water partition coefficient (Wildman–Crippen LogP) is 3.49. The number of sulfonamides is 1. The highest BCUT2D eigenvalue weighted by Gasteiger charge is 2.33. The van der Waals surface area contributed by atoms with Crippen LogP contribution in [0.15, 0.2) is 52.0 Å². The van der Waals surface area contributed by atoms with E-state index in [0.717, 1.165) is 6.42 Å². The molecule has 1 aromatic carbocycles. The highest BCUT2D eigenvalue weighted by molar-refractivity contribution is 7.89. The fourth-order valence-electron chi connectivity index (χ4n) is 3.14. The van der Waals surface area contributed by atoms with Crippen molar-refractivity contribution < 1.29 is 17.3 Å². The molecule has 1 fully saturated rings. The molecule has 0 spiro atoms. The van der Waals surface area contributed by atoms with E-state index >= 15 is 0 Å². The summed E-state index contributed by atoms with van der Waals surface area (Å²) < 4.78 is 45.6. The van der Waals surface area contributed by atoms with Gasteiger partial charge in [-0.2, -0.15) is 9.29 Å². The van der Waals surface area contributed by atoms with E-state index < -0.39 is 10.0 Å². The molecule has 146 valence electrons. The van der Waals surface area contributed by atoms with Gasteiger partial charge >= 0.3 is 0 Å². The van der Waals surface area contributed by atoms with Crippen LogP contribution in [0.2, 0.25) is 5.15 Å². The van der Waals surface area contributed by atoms with Crippen LogP contribution in [0.1, 0.15) is 24.7 Å². The average molecular weight is 423 g/mol. The third-order valence-electron chi connectivity index (χ3n) is 4.62. The summed E-state index contributed by atoms with van der Waals surface area (Å²) in [7, 11) is -3.69. The third-order valence-corrected chi connectivity index (χ3v) is 6.69. The van der Waals surface area contributed by atoms with Crippen molar-refractivity contribution in [2.75, 3.05) is 13.1 Å². The van der Waals surface area contributed by atoms with Gasteiger partial charge < -0.3 is 4.52 Å². The molecule has 4 rings (SSSR count). The first-order valence-corrected chi connectivity index (χ1v) is 10.5. The van der Waals surface area contributed by atoms with Gasteiger partial charge in [0.15, 0.2) is 0 Å². The molecule has 3 heterocycles. The van der Waals surface area contributed by atoms with Gasteiger partial charge in [-0.25, -0.2) is 17.8 Å². The lowest BCUT2D eigenvalue weighted by molar-refractivity contribution is 0.265. The van der Waals surface area contributed by atoms with E-state index in [1.165, 1.54) is 34.8 Å². The molecule has 3 aromatic rings. The highest BCUT2D eigenvalue weighted by Crippen LogP contribution is 2.30. The molecular weight excluding hydrogens is 407 g/mol. The summed E-state index contributed by atoms with van der Waals surface area (Å²) in [4.78, 5) is 8.33. The van der Waals surface area contributed by atoms with Gasteiger partial charge in [0, 0.05) is 24.8 Å². The zero-order valence-electron chi connectivity index (χ0n) is 14.6. The van der Waals surface area contributed by atoms with Crippen LogP contribution in [0.4, 0.5) is 4.39 Å². The van der Waals surface area contributed by atoms with Crippen LogP contribution in [0.5, 0.6) is 0 Å². The van der Waals surface area contributed by atoms with Crippen LogP contribution < -0.4 is 0 Å². The Morgan fingerprint density at radius 3 is 2.68 bits per heavy atom. The molecule has 0 saturated carbocycles. The quantitative estimate of drug-likeness (QED) is 0.598. The van der Waals surface area contributed by atoms with E-state index in [1.54, 1.807) is 12.1 Å². The maximum atomic E-state index is 13.1. The van der Waals surface area contributed by atoms with Crippen LogP contribution >= 0.6 is 11.6 Å². The molecule has 10 heteroatoms. The molecule has 0 radical (unpaired) electrons. The normalized spacial score (nSPS) is 18.3. The van der Waals surface area contributed by atoms with Crippen molar-refractivity contribution in [1.82, 2.24) is 19.4 Å². The van der Waals surface area contributed by atoms with Crippen molar-refractivity contribution in [1.29, 1.82) is 0 Å². The molecule has 28 heavy (non-hydrogen) atoms. The number of halogens is 2. The maximum absolute atomic E-state index is 13.1. The molecule has 0 amide bonds. The standard InChI is InChI=1S/C18H16ClFN4O3S/c19-16-8-7-15(10-21-16)28(25,26)24-9-1-2-13(11-24)18-22-17(23-27-18)12-3-5-14(20)6-4-12/h3-8,10,13H,1-2,9,11H2. The second kappa shape index (κ2) is 7.57. The van der Waals surface area contributed by atoms with Gasteiger partial charge in [0.2, 0.25) is 21.7 Å². The summed E-state index contributed by atoms with van der Waals surface area (Å²) in [5.74, 6) is 0.146. The van der Waals surface area contributed by atoms with E-state index in [-0.39, 0.29) is 28.3 Å². The summed E-state index contributed by atoms with van der Waals surface area (Å²) in [5.41, 5.74) is 0.629. The molecule has 0 N–H and O–H groups in total. The van der Waals surface area contributed by atoms with Gasteiger partial charge in [0.1, 0.15) is 15.9 Å². The summed E-state index contributed by atoms with van der Waals surface area (Å²) in [5, 5.41) is 4.18. The lowest BCUT2D eigenvalue weighted by atomic mass is 10.00. The van der Waals surface area contributed by atoms with Crippen molar-refractivity contribution in [3.63, 3.8) is 0 Å². The Morgan fingerprint density at radius 2 is 1.96 bits per heavy atom. The SMILES string of the molecule is O=S(=O)(c1ccc(Cl)nc1)N1CCCC(c2nc(-c3ccc(F)cc3)no2)C1. The number of aromatic nitrogens is 3. The van der Waals surface area contributed by atoms with E-state index in [0.29, 0.717) is 30.2 Å². The fourth-order valence-corrected chi connectivity index (χ4v) is 4.72. The molecule has 1 unspecified atom stereocenters. The number of pyridine rings is 1. The molecule has 1 saturated heterocycles. The Morgan fingerprint density at radius 1 is 1.18 bits per heavy atom. The predicted molar refractivity (Wildman–Crippen MR) is 99.7 cm³/mol. The number of nitrogens with zero attached hydrogens (tertiary/aromatic N) is 4. The molecule has 2 aromatic heterocycles. The third kappa shape index (κ3) is 3.78. The first-order chi connectivity index (χ1) is 13.4. The molecule has 0 aliphatic carbocycles. The molecule has 1 atom stereocenters. The van der Waals surface area contributed by atoms with E-state index in [9.17, 15) is 12.8 Å². The second-order valence-corrected chi connectivity index (χ2v) is 8.81. The van der Waals surface area contributed by atoms with Gasteiger partial charge in [0.05, 0.1) is 5.92 Å². The molecule has 1 aliphatic heterocycles. The lowest BCUT2D eigenvalue weighted by Crippen LogP contribution is -2.39. The highest BCUT2D eigenvalue weighted by atomic mass is 35.5. The number of benzene rings is 1. The van der Waals surface area contributed by atoms with Gasteiger partial charge in [0.25, 0.3) is 0 Å². The largest absolute Gasteiger partial charge is 0.339 e. The van der Waals surface area contributed by atoms with Gasteiger partial charge in [-0.05, 0) is 49.2 Å². The summed E-state index contributed by atoms with van der Waals surface area (Å²) in [6.45, 7) is 0.635. The Kier molecular flexibility index (Phi) is 5.13. The summed E-state index contributed by atoms with van der Waals surface area (Å²) in [6, 6.07) is 8.65. The number of rotatable bonds is 4. The molecular formula is C18H16ClFN4O3S. The number of hydrogen-bond donors (Lipinski definition) is 0. The molecule has 1 aliphatic rings. The van der Waals surface area contributed by atoms with Gasteiger partial charge in [-0.1, -0.05) is 16.8 Å². The topological polar surface area (TPSA) is 89.2 Å². The minimum Gasteiger partial charge on any atom is -0.339 e. The van der Waals surface area contributed by atoms with E-state index in [2.05, 4.69) is 15.1 Å². The lowest BCUT2D eigenvalue weighted by Gasteiger charge is -2.30. The minimum absolute atomic E-state index is 0.0927.